The molecule has 0 fully saturated rings. The highest BCUT2D eigenvalue weighted by molar-refractivity contribution is 5.93. The monoisotopic (exact) mass is 330 g/mol. The van der Waals surface area contributed by atoms with Gasteiger partial charge in [-0.1, -0.05) is 25.1 Å². The summed E-state index contributed by atoms with van der Waals surface area (Å²) < 4.78 is 23.6. The minimum Gasteiger partial charge on any atom is -0.462 e. The van der Waals surface area contributed by atoms with Crippen molar-refractivity contribution in [2.45, 2.75) is 19.8 Å². The molecule has 0 bridgehead atoms. The molecule has 2 aromatic carbocycles. The Morgan fingerprint density at radius 3 is 1.96 bits per heavy atom. The van der Waals surface area contributed by atoms with E-state index >= 15 is 0 Å². The van der Waals surface area contributed by atoms with E-state index < -0.39 is 11.9 Å². The molecular weight excluding hydrogens is 311 g/mol. The normalized spacial score (nSPS) is 10.2. The summed E-state index contributed by atoms with van der Waals surface area (Å²) in [5.74, 6) is -1.25. The van der Waals surface area contributed by atoms with Crippen LogP contribution >= 0.6 is 0 Å². The summed E-state index contributed by atoms with van der Waals surface area (Å²) in [6.07, 6.45) is 1.05. The van der Waals surface area contributed by atoms with Gasteiger partial charge in [0.25, 0.3) is 0 Å². The van der Waals surface area contributed by atoms with Crippen molar-refractivity contribution in [2.24, 2.45) is 0 Å². The Kier molecular flexibility index (Phi) is 6.49. The second kappa shape index (κ2) is 8.82. The van der Waals surface area contributed by atoms with E-state index in [4.69, 9.17) is 9.47 Å². The number of ether oxygens (including phenoxy) is 2. The molecule has 2 aromatic rings. The van der Waals surface area contributed by atoms with Crippen LogP contribution in [0.4, 0.5) is 4.39 Å². The Labute approximate surface area is 140 Å². The summed E-state index contributed by atoms with van der Waals surface area (Å²) in [6.45, 7) is 2.35. The van der Waals surface area contributed by atoms with Crippen LogP contribution in [0.2, 0.25) is 0 Å². The molecule has 0 aliphatic carbocycles. The third-order valence-electron chi connectivity index (χ3n) is 3.36. The average Bonchev–Trinajstić information content (AvgIpc) is 2.61. The molecule has 0 unspecified atom stereocenters. The maximum atomic E-state index is 13.5. The van der Waals surface area contributed by atoms with Gasteiger partial charge >= 0.3 is 11.9 Å². The zero-order chi connectivity index (χ0) is 17.4. The molecule has 0 aliphatic heterocycles. The molecule has 2 rings (SSSR count). The van der Waals surface area contributed by atoms with E-state index in [0.717, 1.165) is 6.42 Å². The Morgan fingerprint density at radius 2 is 1.42 bits per heavy atom. The molecule has 0 heterocycles. The molecule has 0 saturated carbocycles. The van der Waals surface area contributed by atoms with Crippen molar-refractivity contribution >= 4 is 11.9 Å². The molecule has 126 valence electrons. The molecule has 0 N–H and O–H groups in total. The van der Waals surface area contributed by atoms with E-state index in [2.05, 4.69) is 0 Å². The van der Waals surface area contributed by atoms with Crippen molar-refractivity contribution in [1.82, 2.24) is 0 Å². The highest BCUT2D eigenvalue weighted by Gasteiger charge is 2.11. The molecule has 24 heavy (non-hydrogen) atoms. The van der Waals surface area contributed by atoms with Crippen LogP contribution in [0, 0.1) is 5.82 Å². The zero-order valence-electron chi connectivity index (χ0n) is 13.5. The van der Waals surface area contributed by atoms with Crippen molar-refractivity contribution in [2.75, 3.05) is 13.2 Å². The van der Waals surface area contributed by atoms with E-state index in [1.165, 1.54) is 30.3 Å². The van der Waals surface area contributed by atoms with Crippen LogP contribution < -0.4 is 0 Å². The smallest absolute Gasteiger partial charge is 0.338 e. The van der Waals surface area contributed by atoms with Crippen LogP contribution in [0.15, 0.2) is 48.5 Å². The van der Waals surface area contributed by atoms with Gasteiger partial charge in [0.15, 0.2) is 0 Å². The lowest BCUT2D eigenvalue weighted by molar-refractivity contribution is 0.0492. The third kappa shape index (κ3) is 4.91. The fourth-order valence-electron chi connectivity index (χ4n) is 2.06. The van der Waals surface area contributed by atoms with Gasteiger partial charge in [-0.2, -0.15) is 0 Å². The Morgan fingerprint density at radius 1 is 0.875 bits per heavy atom. The number of hydrogen-bond donors (Lipinski definition) is 0. The Bertz CT molecular complexity index is 695. The maximum Gasteiger partial charge on any atom is 0.338 e. The zero-order valence-corrected chi connectivity index (χ0v) is 13.5. The molecule has 0 atom stereocenters. The van der Waals surface area contributed by atoms with Crippen LogP contribution in [0.3, 0.4) is 0 Å². The number of carbonyl (C=O) groups excluding carboxylic acids is 2. The van der Waals surface area contributed by atoms with Gasteiger partial charge in [0.2, 0.25) is 0 Å². The van der Waals surface area contributed by atoms with Crippen molar-refractivity contribution in [1.29, 1.82) is 0 Å². The minimum atomic E-state index is -0.514. The summed E-state index contributed by atoms with van der Waals surface area (Å²) in [7, 11) is 0. The molecule has 0 aromatic heterocycles. The van der Waals surface area contributed by atoms with E-state index in [1.807, 2.05) is 6.92 Å². The first-order valence-corrected chi connectivity index (χ1v) is 7.79. The number of esters is 2. The summed E-state index contributed by atoms with van der Waals surface area (Å²) in [5.41, 5.74) is 1.21. The summed E-state index contributed by atoms with van der Waals surface area (Å²) in [5, 5.41) is 0. The average molecular weight is 330 g/mol. The van der Waals surface area contributed by atoms with Crippen LogP contribution in [0.5, 0.6) is 0 Å². The van der Waals surface area contributed by atoms with Gasteiger partial charge in [-0.3, -0.25) is 0 Å². The predicted molar refractivity (Wildman–Crippen MR) is 87.4 cm³/mol. The van der Waals surface area contributed by atoms with E-state index in [0.29, 0.717) is 29.7 Å². The van der Waals surface area contributed by atoms with Gasteiger partial charge in [0.05, 0.1) is 24.3 Å². The van der Waals surface area contributed by atoms with Crippen LogP contribution in [0.25, 0.3) is 0 Å². The molecule has 0 saturated heterocycles. The fourth-order valence-corrected chi connectivity index (χ4v) is 2.06. The Hall–Kier alpha value is -2.69. The summed E-state index contributed by atoms with van der Waals surface area (Å²) in [6, 6.07) is 12.4. The van der Waals surface area contributed by atoms with Crippen LogP contribution in [0.1, 0.15) is 39.6 Å². The van der Waals surface area contributed by atoms with E-state index in [9.17, 15) is 14.0 Å². The standard InChI is InChI=1S/C19H19FO4/c1-2-12-23-18(21)15-7-9-16(10-8-15)19(22)24-13-11-14-5-3-4-6-17(14)20/h3-10H,2,11-13H2,1H3. The lowest BCUT2D eigenvalue weighted by Crippen LogP contribution is -2.10. The maximum absolute atomic E-state index is 13.5. The first-order chi connectivity index (χ1) is 11.6. The molecule has 0 spiro atoms. The molecule has 4 nitrogen and oxygen atoms in total. The molecule has 0 amide bonds. The van der Waals surface area contributed by atoms with Gasteiger partial charge in [0.1, 0.15) is 5.82 Å². The number of benzene rings is 2. The van der Waals surface area contributed by atoms with Crippen molar-refractivity contribution in [3.05, 3.63) is 71.0 Å². The summed E-state index contributed by atoms with van der Waals surface area (Å²) in [4.78, 5) is 23.6. The second-order valence-corrected chi connectivity index (χ2v) is 5.19. The van der Waals surface area contributed by atoms with Gasteiger partial charge < -0.3 is 9.47 Å². The van der Waals surface area contributed by atoms with Gasteiger partial charge in [-0.15, -0.1) is 0 Å². The van der Waals surface area contributed by atoms with Gasteiger partial charge in [-0.05, 0) is 42.3 Å². The molecule has 0 radical (unpaired) electrons. The lowest BCUT2D eigenvalue weighted by atomic mass is 10.1. The highest BCUT2D eigenvalue weighted by atomic mass is 19.1. The Balaban J connectivity index is 1.86. The van der Waals surface area contributed by atoms with E-state index in [1.54, 1.807) is 18.2 Å². The predicted octanol–water partition coefficient (Wildman–Crippen LogP) is 3.79. The van der Waals surface area contributed by atoms with E-state index in [-0.39, 0.29) is 12.4 Å². The minimum absolute atomic E-state index is 0.0834. The lowest BCUT2D eigenvalue weighted by Gasteiger charge is -2.07. The number of rotatable bonds is 7. The fraction of sp³-hybridized carbons (Fsp3) is 0.263. The van der Waals surface area contributed by atoms with Crippen LogP contribution in [-0.2, 0) is 15.9 Å². The quantitative estimate of drug-likeness (QED) is 0.725. The van der Waals surface area contributed by atoms with Crippen molar-refractivity contribution < 1.29 is 23.5 Å². The third-order valence-corrected chi connectivity index (χ3v) is 3.36. The SMILES string of the molecule is CCCOC(=O)c1ccc(C(=O)OCCc2ccccc2F)cc1. The van der Waals surface area contributed by atoms with Crippen molar-refractivity contribution in [3.63, 3.8) is 0 Å². The first-order valence-electron chi connectivity index (χ1n) is 7.79. The second-order valence-electron chi connectivity index (χ2n) is 5.19. The molecular formula is C19H19FO4. The number of hydrogen-bond acceptors (Lipinski definition) is 4. The highest BCUT2D eigenvalue weighted by Crippen LogP contribution is 2.10. The largest absolute Gasteiger partial charge is 0.462 e. The first kappa shape index (κ1) is 17.7. The van der Waals surface area contributed by atoms with Crippen LogP contribution in [-0.4, -0.2) is 25.2 Å². The number of halogens is 1. The summed E-state index contributed by atoms with van der Waals surface area (Å²) >= 11 is 0. The number of carbonyl (C=O) groups is 2. The van der Waals surface area contributed by atoms with Gasteiger partial charge in [-0.25, -0.2) is 14.0 Å². The topological polar surface area (TPSA) is 52.6 Å². The van der Waals surface area contributed by atoms with Gasteiger partial charge in [0, 0.05) is 6.42 Å². The molecule has 5 heteroatoms. The molecule has 0 aliphatic rings. The van der Waals surface area contributed by atoms with Crippen molar-refractivity contribution in [3.8, 4) is 0 Å².